The third-order valence-corrected chi connectivity index (χ3v) is 3.80. The van der Waals surface area contributed by atoms with E-state index in [0.717, 1.165) is 4.70 Å². The van der Waals surface area contributed by atoms with Crippen molar-refractivity contribution in [1.29, 1.82) is 0 Å². The summed E-state index contributed by atoms with van der Waals surface area (Å²) < 4.78 is 7.14. The number of amides is 1. The molecule has 0 saturated heterocycles. The summed E-state index contributed by atoms with van der Waals surface area (Å²) in [5.41, 5.74) is -0.155. The van der Waals surface area contributed by atoms with Crippen molar-refractivity contribution in [2.24, 2.45) is 0 Å². The van der Waals surface area contributed by atoms with Gasteiger partial charge in [0.15, 0.2) is 5.82 Å². The average Bonchev–Trinajstić information content (AvgIpc) is 2.95. The molecule has 0 radical (unpaired) electrons. The van der Waals surface area contributed by atoms with Gasteiger partial charge in [-0.05, 0) is 19.1 Å². The zero-order valence-corrected chi connectivity index (χ0v) is 11.4. The molecule has 0 aliphatic carbocycles. The first kappa shape index (κ1) is 12.6. The van der Waals surface area contributed by atoms with E-state index >= 15 is 0 Å². The predicted molar refractivity (Wildman–Crippen MR) is 76.0 cm³/mol. The van der Waals surface area contributed by atoms with Gasteiger partial charge in [0.1, 0.15) is 12.3 Å². The van der Waals surface area contributed by atoms with Crippen molar-refractivity contribution in [3.05, 3.63) is 46.4 Å². The number of fused-ring (bicyclic) bond motifs is 1. The molecule has 0 bridgehead atoms. The smallest absolute Gasteiger partial charge is 0.268 e. The van der Waals surface area contributed by atoms with Crippen molar-refractivity contribution >= 4 is 33.3 Å². The first-order chi connectivity index (χ1) is 9.63. The van der Waals surface area contributed by atoms with Crippen LogP contribution in [0.1, 0.15) is 5.76 Å². The Morgan fingerprint density at radius 1 is 1.45 bits per heavy atom. The zero-order chi connectivity index (χ0) is 14.1. The van der Waals surface area contributed by atoms with Crippen LogP contribution >= 0.6 is 11.5 Å². The fraction of sp³-hybridized carbons (Fsp3) is 0.154. The van der Waals surface area contributed by atoms with Crippen molar-refractivity contribution in [2.75, 3.05) is 5.32 Å². The molecule has 102 valence electrons. The highest BCUT2D eigenvalue weighted by Crippen LogP contribution is 2.16. The highest BCUT2D eigenvalue weighted by molar-refractivity contribution is 7.13. The van der Waals surface area contributed by atoms with Crippen LogP contribution in [0.3, 0.4) is 0 Å². The summed E-state index contributed by atoms with van der Waals surface area (Å²) in [6.07, 6.45) is 0. The van der Waals surface area contributed by atoms with Crippen LogP contribution in [0.4, 0.5) is 5.82 Å². The summed E-state index contributed by atoms with van der Waals surface area (Å²) >= 11 is 1.27. The van der Waals surface area contributed by atoms with Gasteiger partial charge in [0.05, 0.1) is 10.1 Å². The number of carbonyl (C=O) groups excluding carboxylic acids is 1. The highest BCUT2D eigenvalue weighted by Gasteiger charge is 2.11. The predicted octanol–water partition coefficient (Wildman–Crippen LogP) is 2.00. The molecule has 3 rings (SSSR count). The quantitative estimate of drug-likeness (QED) is 0.800. The van der Waals surface area contributed by atoms with Crippen LogP contribution in [0.25, 0.3) is 10.1 Å². The Hall–Kier alpha value is -2.41. The van der Waals surface area contributed by atoms with Crippen LogP contribution in [-0.2, 0) is 11.3 Å². The molecule has 2 heterocycles. The van der Waals surface area contributed by atoms with E-state index in [1.165, 1.54) is 15.5 Å². The summed E-state index contributed by atoms with van der Waals surface area (Å²) in [4.78, 5) is 24.0. The van der Waals surface area contributed by atoms with E-state index in [0.29, 0.717) is 17.0 Å². The van der Waals surface area contributed by atoms with Gasteiger partial charge in [0.25, 0.3) is 5.56 Å². The SMILES string of the molecule is Cc1cc(NC(=O)Cn2sc3ccccc3c2=O)no1. The Labute approximate surface area is 117 Å². The molecule has 0 aliphatic rings. The van der Waals surface area contributed by atoms with Crippen LogP contribution in [-0.4, -0.2) is 15.0 Å². The van der Waals surface area contributed by atoms with Gasteiger partial charge in [-0.25, -0.2) is 0 Å². The number of nitrogens with one attached hydrogen (secondary N) is 1. The number of benzene rings is 1. The molecule has 2 aromatic heterocycles. The molecule has 0 spiro atoms. The molecule has 1 N–H and O–H groups in total. The molecule has 0 fully saturated rings. The Balaban J connectivity index is 1.81. The van der Waals surface area contributed by atoms with E-state index in [2.05, 4.69) is 10.5 Å². The number of aryl methyl sites for hydroxylation is 1. The molecular formula is C13H11N3O3S. The van der Waals surface area contributed by atoms with Gasteiger partial charge in [-0.3, -0.25) is 13.5 Å². The number of rotatable bonds is 3. The standard InChI is InChI=1S/C13H11N3O3S/c1-8-6-11(15-19-8)14-12(17)7-16-13(18)9-4-2-3-5-10(9)20-16/h2-6H,7H2,1H3,(H,14,15,17). The lowest BCUT2D eigenvalue weighted by atomic mass is 10.3. The van der Waals surface area contributed by atoms with Crippen molar-refractivity contribution in [3.8, 4) is 0 Å². The number of carbonyl (C=O) groups is 1. The van der Waals surface area contributed by atoms with Gasteiger partial charge in [-0.2, -0.15) is 0 Å². The van der Waals surface area contributed by atoms with Crippen LogP contribution in [0.5, 0.6) is 0 Å². The second-order valence-corrected chi connectivity index (χ2v) is 5.36. The van der Waals surface area contributed by atoms with E-state index in [-0.39, 0.29) is 18.0 Å². The Morgan fingerprint density at radius 3 is 2.95 bits per heavy atom. The number of anilines is 1. The van der Waals surface area contributed by atoms with E-state index in [1.54, 1.807) is 25.1 Å². The van der Waals surface area contributed by atoms with Gasteiger partial charge in [-0.1, -0.05) is 28.8 Å². The summed E-state index contributed by atoms with van der Waals surface area (Å²) in [6.45, 7) is 1.70. The molecule has 7 heteroatoms. The monoisotopic (exact) mass is 289 g/mol. The van der Waals surface area contributed by atoms with Crippen LogP contribution in [0, 0.1) is 6.92 Å². The van der Waals surface area contributed by atoms with Crippen LogP contribution < -0.4 is 10.9 Å². The van der Waals surface area contributed by atoms with E-state index < -0.39 is 0 Å². The van der Waals surface area contributed by atoms with E-state index in [1.807, 2.05) is 12.1 Å². The van der Waals surface area contributed by atoms with Crippen molar-refractivity contribution in [2.45, 2.75) is 13.5 Å². The second kappa shape index (κ2) is 4.93. The van der Waals surface area contributed by atoms with Gasteiger partial charge in [-0.15, -0.1) is 0 Å². The molecule has 6 nitrogen and oxygen atoms in total. The van der Waals surface area contributed by atoms with Crippen LogP contribution in [0.15, 0.2) is 39.6 Å². The summed E-state index contributed by atoms with van der Waals surface area (Å²) in [7, 11) is 0. The molecule has 0 aliphatic heterocycles. The largest absolute Gasteiger partial charge is 0.360 e. The number of hydrogen-bond acceptors (Lipinski definition) is 5. The van der Waals surface area contributed by atoms with Crippen molar-refractivity contribution in [1.82, 2.24) is 9.11 Å². The molecule has 20 heavy (non-hydrogen) atoms. The molecule has 0 saturated carbocycles. The lowest BCUT2D eigenvalue weighted by molar-refractivity contribution is -0.116. The van der Waals surface area contributed by atoms with Crippen LogP contribution in [0.2, 0.25) is 0 Å². The maximum atomic E-state index is 12.1. The Bertz CT molecular complexity index is 831. The summed E-state index contributed by atoms with van der Waals surface area (Å²) in [6, 6.07) is 8.89. The molecule has 0 atom stereocenters. The number of hydrogen-bond donors (Lipinski definition) is 1. The number of nitrogens with zero attached hydrogens (tertiary/aromatic N) is 2. The topological polar surface area (TPSA) is 77.1 Å². The maximum Gasteiger partial charge on any atom is 0.268 e. The molecular weight excluding hydrogens is 278 g/mol. The first-order valence-electron chi connectivity index (χ1n) is 5.95. The minimum Gasteiger partial charge on any atom is -0.360 e. The van der Waals surface area contributed by atoms with Gasteiger partial charge < -0.3 is 9.84 Å². The summed E-state index contributed by atoms with van der Waals surface area (Å²) in [5.74, 6) is 0.646. The minimum atomic E-state index is -0.313. The molecule has 0 unspecified atom stereocenters. The van der Waals surface area contributed by atoms with Gasteiger partial charge in [0, 0.05) is 6.07 Å². The lowest BCUT2D eigenvalue weighted by Gasteiger charge is -2.00. The zero-order valence-electron chi connectivity index (χ0n) is 10.6. The van der Waals surface area contributed by atoms with Crippen molar-refractivity contribution in [3.63, 3.8) is 0 Å². The average molecular weight is 289 g/mol. The maximum absolute atomic E-state index is 12.1. The molecule has 1 aromatic carbocycles. The fourth-order valence-electron chi connectivity index (χ4n) is 1.86. The molecule has 3 aromatic rings. The molecule has 1 amide bonds. The van der Waals surface area contributed by atoms with Crippen molar-refractivity contribution < 1.29 is 9.32 Å². The number of aromatic nitrogens is 2. The highest BCUT2D eigenvalue weighted by atomic mass is 32.1. The fourth-order valence-corrected chi connectivity index (χ4v) is 2.85. The second-order valence-electron chi connectivity index (χ2n) is 4.30. The van der Waals surface area contributed by atoms with E-state index in [4.69, 9.17) is 4.52 Å². The van der Waals surface area contributed by atoms with E-state index in [9.17, 15) is 9.59 Å². The lowest BCUT2D eigenvalue weighted by Crippen LogP contribution is -2.23. The Morgan fingerprint density at radius 2 is 2.25 bits per heavy atom. The minimum absolute atomic E-state index is 0.0376. The Kier molecular flexibility index (Phi) is 3.11. The third kappa shape index (κ3) is 2.35. The first-order valence-corrected chi connectivity index (χ1v) is 6.73. The van der Waals surface area contributed by atoms with Gasteiger partial charge >= 0.3 is 0 Å². The third-order valence-electron chi connectivity index (χ3n) is 2.74. The summed E-state index contributed by atoms with van der Waals surface area (Å²) in [5, 5.41) is 6.88. The normalized spacial score (nSPS) is 10.8. The van der Waals surface area contributed by atoms with Gasteiger partial charge in [0.2, 0.25) is 5.91 Å².